The normalized spacial score (nSPS) is 11.4. The second-order valence-corrected chi connectivity index (χ2v) is 4.40. The van der Waals surface area contributed by atoms with Gasteiger partial charge in [-0.15, -0.1) is 11.6 Å². The monoisotopic (exact) mass is 304 g/mol. The standard InChI is InChI=1S/C13H15ClF2N2O2/c1-19-9-2-3-11-10(6-9)17-13(7-14)18(11)4-5-20-8-12(15)16/h2-3,6,12H,4-5,7-8H2,1H3. The summed E-state index contributed by atoms with van der Waals surface area (Å²) in [6, 6.07) is 5.49. The highest BCUT2D eigenvalue weighted by Crippen LogP contribution is 2.22. The molecule has 4 nitrogen and oxygen atoms in total. The van der Waals surface area contributed by atoms with Crippen molar-refractivity contribution in [2.24, 2.45) is 0 Å². The average Bonchev–Trinajstić information content (AvgIpc) is 2.80. The zero-order valence-electron chi connectivity index (χ0n) is 11.0. The van der Waals surface area contributed by atoms with E-state index in [1.54, 1.807) is 7.11 Å². The van der Waals surface area contributed by atoms with E-state index in [-0.39, 0.29) is 12.5 Å². The van der Waals surface area contributed by atoms with Gasteiger partial charge in [0.1, 0.15) is 18.2 Å². The van der Waals surface area contributed by atoms with Crippen molar-refractivity contribution in [3.63, 3.8) is 0 Å². The molecule has 0 fully saturated rings. The third-order valence-electron chi connectivity index (χ3n) is 2.86. The molecule has 1 aromatic heterocycles. The largest absolute Gasteiger partial charge is 0.497 e. The molecule has 0 saturated heterocycles. The number of nitrogens with zero attached hydrogens (tertiary/aromatic N) is 2. The second-order valence-electron chi connectivity index (χ2n) is 4.13. The molecule has 0 radical (unpaired) electrons. The maximum absolute atomic E-state index is 12.0. The lowest BCUT2D eigenvalue weighted by atomic mass is 10.3. The highest BCUT2D eigenvalue weighted by molar-refractivity contribution is 6.16. The van der Waals surface area contributed by atoms with Gasteiger partial charge in [0.25, 0.3) is 6.43 Å². The molecule has 2 rings (SSSR count). The minimum atomic E-state index is -2.45. The van der Waals surface area contributed by atoms with Gasteiger partial charge in [-0.25, -0.2) is 13.8 Å². The predicted molar refractivity (Wildman–Crippen MR) is 72.7 cm³/mol. The molecular weight excluding hydrogens is 290 g/mol. The van der Waals surface area contributed by atoms with Crippen molar-refractivity contribution < 1.29 is 18.3 Å². The Balaban J connectivity index is 2.17. The topological polar surface area (TPSA) is 36.3 Å². The number of hydrogen-bond donors (Lipinski definition) is 0. The lowest BCUT2D eigenvalue weighted by molar-refractivity contribution is 0.0149. The van der Waals surface area contributed by atoms with Crippen LogP contribution in [0.2, 0.25) is 0 Å². The minimum absolute atomic E-state index is 0.186. The first-order chi connectivity index (χ1) is 9.65. The van der Waals surface area contributed by atoms with E-state index in [9.17, 15) is 8.78 Å². The number of fused-ring (bicyclic) bond motifs is 1. The van der Waals surface area contributed by atoms with Crippen LogP contribution < -0.4 is 4.74 Å². The van der Waals surface area contributed by atoms with Crippen LogP contribution in [-0.4, -0.2) is 36.3 Å². The fraction of sp³-hybridized carbons (Fsp3) is 0.462. The van der Waals surface area contributed by atoms with Gasteiger partial charge in [-0.3, -0.25) is 0 Å². The number of rotatable bonds is 7. The van der Waals surface area contributed by atoms with Gasteiger partial charge in [-0.1, -0.05) is 0 Å². The molecule has 0 amide bonds. The molecule has 0 aliphatic rings. The van der Waals surface area contributed by atoms with Crippen LogP contribution in [0.25, 0.3) is 11.0 Å². The van der Waals surface area contributed by atoms with Crippen LogP contribution in [0.5, 0.6) is 5.75 Å². The SMILES string of the molecule is COc1ccc2c(c1)nc(CCl)n2CCOCC(F)F. The van der Waals surface area contributed by atoms with Gasteiger partial charge >= 0.3 is 0 Å². The number of aromatic nitrogens is 2. The Kier molecular flexibility index (Phi) is 5.14. The molecule has 0 bridgehead atoms. The molecule has 20 heavy (non-hydrogen) atoms. The average molecular weight is 305 g/mol. The Hall–Kier alpha value is -1.40. The van der Waals surface area contributed by atoms with Crippen LogP contribution in [0.1, 0.15) is 5.82 Å². The Morgan fingerprint density at radius 3 is 2.85 bits per heavy atom. The summed E-state index contributed by atoms with van der Waals surface area (Å²) in [7, 11) is 1.58. The molecular formula is C13H15ClF2N2O2. The molecule has 7 heteroatoms. The van der Waals surface area contributed by atoms with Crippen LogP contribution in [0, 0.1) is 0 Å². The Labute approximate surface area is 120 Å². The van der Waals surface area contributed by atoms with E-state index in [2.05, 4.69) is 4.98 Å². The second kappa shape index (κ2) is 6.85. The van der Waals surface area contributed by atoms with Crippen LogP contribution in [0.15, 0.2) is 18.2 Å². The molecule has 0 spiro atoms. The summed E-state index contributed by atoms with van der Waals surface area (Å²) in [5.41, 5.74) is 1.64. The lowest BCUT2D eigenvalue weighted by Crippen LogP contribution is -2.12. The Bertz CT molecular complexity index is 575. The summed E-state index contributed by atoms with van der Waals surface area (Å²) in [5.74, 6) is 1.62. The van der Waals surface area contributed by atoms with Crippen molar-refractivity contribution in [1.82, 2.24) is 9.55 Å². The van der Waals surface area contributed by atoms with Crippen molar-refractivity contribution in [3.05, 3.63) is 24.0 Å². The lowest BCUT2D eigenvalue weighted by Gasteiger charge is -2.08. The summed E-state index contributed by atoms with van der Waals surface area (Å²) in [4.78, 5) is 4.40. The first-order valence-corrected chi connectivity index (χ1v) is 6.64. The highest BCUT2D eigenvalue weighted by Gasteiger charge is 2.11. The van der Waals surface area contributed by atoms with Crippen LogP contribution in [0.4, 0.5) is 8.78 Å². The van der Waals surface area contributed by atoms with Gasteiger partial charge in [0.2, 0.25) is 0 Å². The molecule has 1 aromatic carbocycles. The van der Waals surface area contributed by atoms with Crippen molar-refractivity contribution in [2.45, 2.75) is 18.9 Å². The van der Waals surface area contributed by atoms with E-state index in [1.807, 2.05) is 22.8 Å². The Morgan fingerprint density at radius 1 is 1.40 bits per heavy atom. The van der Waals surface area contributed by atoms with Crippen molar-refractivity contribution in [1.29, 1.82) is 0 Å². The Morgan fingerprint density at radius 2 is 2.20 bits per heavy atom. The fourth-order valence-corrected chi connectivity index (χ4v) is 2.17. The van der Waals surface area contributed by atoms with Gasteiger partial charge in [0.05, 0.1) is 30.6 Å². The smallest absolute Gasteiger partial charge is 0.261 e. The molecule has 2 aromatic rings. The number of ether oxygens (including phenoxy) is 2. The molecule has 0 unspecified atom stereocenters. The van der Waals surface area contributed by atoms with E-state index in [0.717, 1.165) is 11.0 Å². The summed E-state index contributed by atoms with van der Waals surface area (Å²) in [5, 5.41) is 0. The summed E-state index contributed by atoms with van der Waals surface area (Å²) < 4.78 is 35.9. The number of halogens is 3. The van der Waals surface area contributed by atoms with Crippen LogP contribution in [-0.2, 0) is 17.2 Å². The van der Waals surface area contributed by atoms with Gasteiger partial charge in [-0.05, 0) is 12.1 Å². The highest BCUT2D eigenvalue weighted by atomic mass is 35.5. The molecule has 0 aliphatic heterocycles. The van der Waals surface area contributed by atoms with Crippen LogP contribution >= 0.6 is 11.6 Å². The van der Waals surface area contributed by atoms with E-state index in [0.29, 0.717) is 18.1 Å². The van der Waals surface area contributed by atoms with E-state index in [1.165, 1.54) is 0 Å². The maximum Gasteiger partial charge on any atom is 0.261 e. The number of hydrogen-bond acceptors (Lipinski definition) is 3. The summed E-state index contributed by atoms with van der Waals surface area (Å²) in [6.07, 6.45) is -2.45. The number of methoxy groups -OCH3 is 1. The quantitative estimate of drug-likeness (QED) is 0.582. The van der Waals surface area contributed by atoms with Gasteiger partial charge in [0.15, 0.2) is 0 Å². The van der Waals surface area contributed by atoms with E-state index < -0.39 is 13.0 Å². The molecule has 0 N–H and O–H groups in total. The molecule has 0 atom stereocenters. The fourth-order valence-electron chi connectivity index (χ4n) is 1.97. The first kappa shape index (κ1) is 15.0. The van der Waals surface area contributed by atoms with E-state index in [4.69, 9.17) is 21.1 Å². The predicted octanol–water partition coefficient (Wildman–Crippen LogP) is 3.07. The first-order valence-electron chi connectivity index (χ1n) is 6.10. The third-order valence-corrected chi connectivity index (χ3v) is 3.10. The third kappa shape index (κ3) is 3.37. The molecule has 110 valence electrons. The number of alkyl halides is 3. The minimum Gasteiger partial charge on any atom is -0.497 e. The van der Waals surface area contributed by atoms with Crippen molar-refractivity contribution in [3.8, 4) is 5.75 Å². The van der Waals surface area contributed by atoms with Gasteiger partial charge in [0, 0.05) is 12.6 Å². The summed E-state index contributed by atoms with van der Waals surface area (Å²) >= 11 is 5.87. The molecule has 0 saturated carbocycles. The molecule has 0 aliphatic carbocycles. The maximum atomic E-state index is 12.0. The van der Waals surface area contributed by atoms with Gasteiger partial charge < -0.3 is 14.0 Å². The van der Waals surface area contributed by atoms with Crippen LogP contribution in [0.3, 0.4) is 0 Å². The number of benzene rings is 1. The zero-order chi connectivity index (χ0) is 14.5. The van der Waals surface area contributed by atoms with Crippen molar-refractivity contribution in [2.75, 3.05) is 20.3 Å². The van der Waals surface area contributed by atoms with Crippen molar-refractivity contribution >= 4 is 22.6 Å². The summed E-state index contributed by atoms with van der Waals surface area (Å²) in [6.45, 7) is 0.0555. The van der Waals surface area contributed by atoms with Gasteiger partial charge in [-0.2, -0.15) is 0 Å². The zero-order valence-corrected chi connectivity index (χ0v) is 11.7. The number of imidazole rings is 1. The molecule has 1 heterocycles. The van der Waals surface area contributed by atoms with E-state index >= 15 is 0 Å².